The van der Waals surface area contributed by atoms with Gasteiger partial charge in [-0.25, -0.2) is 4.79 Å². The third-order valence-corrected chi connectivity index (χ3v) is 5.14. The van der Waals surface area contributed by atoms with Gasteiger partial charge in [0.25, 0.3) is 0 Å². The summed E-state index contributed by atoms with van der Waals surface area (Å²) in [5.41, 5.74) is 1.62. The Hall–Kier alpha value is -2.33. The van der Waals surface area contributed by atoms with Gasteiger partial charge in [-0.1, -0.05) is 82.2 Å². The lowest BCUT2D eigenvalue weighted by atomic mass is 10.1. The Morgan fingerprint density at radius 2 is 1.48 bits per heavy atom. The van der Waals surface area contributed by atoms with Crippen LogP contribution in [0.2, 0.25) is 0 Å². The molecule has 2 aromatic rings. The lowest BCUT2D eigenvalue weighted by Gasteiger charge is -2.14. The highest BCUT2D eigenvalue weighted by molar-refractivity contribution is 5.89. The zero-order valence-corrected chi connectivity index (χ0v) is 19.2. The zero-order valence-electron chi connectivity index (χ0n) is 19.2. The van der Waals surface area contributed by atoms with E-state index in [4.69, 9.17) is 14.2 Å². The lowest BCUT2D eigenvalue weighted by molar-refractivity contribution is 0.00151. The molecule has 0 unspecified atom stereocenters. The van der Waals surface area contributed by atoms with Crippen LogP contribution in [0.4, 0.5) is 0 Å². The zero-order chi connectivity index (χ0) is 22.2. The van der Waals surface area contributed by atoms with Crippen LogP contribution in [0.3, 0.4) is 0 Å². The molecule has 0 bridgehead atoms. The monoisotopic (exact) mass is 426 g/mol. The smallest absolute Gasteiger partial charge is 0.338 e. The predicted octanol–water partition coefficient (Wildman–Crippen LogP) is 6.97. The Balaban J connectivity index is 1.56. The van der Waals surface area contributed by atoms with Crippen molar-refractivity contribution in [3.05, 3.63) is 65.7 Å². The van der Waals surface area contributed by atoms with Crippen LogP contribution < -0.4 is 4.74 Å². The summed E-state index contributed by atoms with van der Waals surface area (Å²) in [5.74, 6) is 0.389. The van der Waals surface area contributed by atoms with Gasteiger partial charge in [-0.15, -0.1) is 0 Å². The van der Waals surface area contributed by atoms with Gasteiger partial charge in [0.15, 0.2) is 0 Å². The van der Waals surface area contributed by atoms with Crippen LogP contribution in [0.5, 0.6) is 5.75 Å². The fourth-order valence-electron chi connectivity index (χ4n) is 3.30. The molecule has 0 aromatic heterocycles. The molecule has 0 N–H and O–H groups in total. The lowest BCUT2D eigenvalue weighted by Crippen LogP contribution is -2.20. The van der Waals surface area contributed by atoms with Gasteiger partial charge in [-0.2, -0.15) is 0 Å². The molecule has 0 saturated heterocycles. The maximum Gasteiger partial charge on any atom is 0.338 e. The second-order valence-electron chi connectivity index (χ2n) is 8.06. The fourth-order valence-corrected chi connectivity index (χ4v) is 3.30. The average Bonchev–Trinajstić information content (AvgIpc) is 2.80. The SMILES string of the molecule is CCCCCCCCCCOC[C@H](C)OC(=O)c1ccc(OCc2ccccc2)cc1. The molecule has 0 fully saturated rings. The fraction of sp³-hybridized carbons (Fsp3) is 0.519. The Kier molecular flexibility index (Phi) is 12.4. The van der Waals surface area contributed by atoms with Gasteiger partial charge in [-0.05, 0) is 43.2 Å². The van der Waals surface area contributed by atoms with Crippen LogP contribution in [0.15, 0.2) is 54.6 Å². The molecule has 0 aliphatic rings. The van der Waals surface area contributed by atoms with E-state index < -0.39 is 0 Å². The number of esters is 1. The van der Waals surface area contributed by atoms with Gasteiger partial charge in [0.1, 0.15) is 18.5 Å². The van der Waals surface area contributed by atoms with Crippen LogP contribution in [0, 0.1) is 0 Å². The van der Waals surface area contributed by atoms with Gasteiger partial charge in [-0.3, -0.25) is 0 Å². The van der Waals surface area contributed by atoms with Crippen molar-refractivity contribution in [3.63, 3.8) is 0 Å². The van der Waals surface area contributed by atoms with E-state index in [1.165, 1.54) is 44.9 Å². The van der Waals surface area contributed by atoms with Crippen LogP contribution in [0.1, 0.15) is 81.1 Å². The number of benzene rings is 2. The summed E-state index contributed by atoms with van der Waals surface area (Å²) in [4.78, 5) is 12.3. The molecule has 0 aliphatic heterocycles. The molecule has 1 atom stereocenters. The third-order valence-electron chi connectivity index (χ3n) is 5.14. The maximum atomic E-state index is 12.3. The van der Waals surface area contributed by atoms with Crippen molar-refractivity contribution in [1.82, 2.24) is 0 Å². The number of hydrogen-bond donors (Lipinski definition) is 0. The quantitative estimate of drug-likeness (QED) is 0.215. The Morgan fingerprint density at radius 3 is 2.16 bits per heavy atom. The van der Waals surface area contributed by atoms with E-state index in [0.717, 1.165) is 24.3 Å². The largest absolute Gasteiger partial charge is 0.489 e. The van der Waals surface area contributed by atoms with Crippen molar-refractivity contribution < 1.29 is 19.0 Å². The van der Waals surface area contributed by atoms with E-state index >= 15 is 0 Å². The highest BCUT2D eigenvalue weighted by Crippen LogP contribution is 2.15. The van der Waals surface area contributed by atoms with Crippen LogP contribution in [-0.4, -0.2) is 25.3 Å². The first-order valence-corrected chi connectivity index (χ1v) is 11.7. The molecule has 2 rings (SSSR count). The molecule has 0 heterocycles. The van der Waals surface area contributed by atoms with E-state index in [1.54, 1.807) is 24.3 Å². The van der Waals surface area contributed by atoms with E-state index in [-0.39, 0.29) is 12.1 Å². The summed E-state index contributed by atoms with van der Waals surface area (Å²) in [6, 6.07) is 17.0. The van der Waals surface area contributed by atoms with Crippen LogP contribution >= 0.6 is 0 Å². The van der Waals surface area contributed by atoms with Gasteiger partial charge < -0.3 is 14.2 Å². The number of carbonyl (C=O) groups excluding carboxylic acids is 1. The van der Waals surface area contributed by atoms with Gasteiger partial charge in [0.05, 0.1) is 12.2 Å². The van der Waals surface area contributed by atoms with Crippen LogP contribution in [-0.2, 0) is 16.1 Å². The summed E-state index contributed by atoms with van der Waals surface area (Å²) < 4.78 is 16.9. The van der Waals surface area contributed by atoms with Gasteiger partial charge >= 0.3 is 5.97 Å². The molecule has 0 aliphatic carbocycles. The number of rotatable bonds is 16. The topological polar surface area (TPSA) is 44.8 Å². The maximum absolute atomic E-state index is 12.3. The molecule has 31 heavy (non-hydrogen) atoms. The highest BCUT2D eigenvalue weighted by atomic mass is 16.6. The molecule has 0 spiro atoms. The summed E-state index contributed by atoms with van der Waals surface area (Å²) in [7, 11) is 0. The van der Waals surface area contributed by atoms with Crippen LogP contribution in [0.25, 0.3) is 0 Å². The van der Waals surface area contributed by atoms with Crippen molar-refractivity contribution >= 4 is 5.97 Å². The van der Waals surface area contributed by atoms with Crippen molar-refractivity contribution in [2.75, 3.05) is 13.2 Å². The van der Waals surface area contributed by atoms with Gasteiger partial charge in [0.2, 0.25) is 0 Å². The summed E-state index contributed by atoms with van der Waals surface area (Å²) in [5, 5.41) is 0. The minimum atomic E-state index is -0.335. The Bertz CT molecular complexity index is 712. The van der Waals surface area contributed by atoms with E-state index in [9.17, 15) is 4.79 Å². The first-order chi connectivity index (χ1) is 15.2. The molecular weight excluding hydrogens is 388 g/mol. The second-order valence-corrected chi connectivity index (χ2v) is 8.06. The van der Waals surface area contributed by atoms with Crippen molar-refractivity contribution in [1.29, 1.82) is 0 Å². The average molecular weight is 427 g/mol. The van der Waals surface area contributed by atoms with Gasteiger partial charge in [0, 0.05) is 6.61 Å². The van der Waals surface area contributed by atoms with Crippen molar-refractivity contribution in [2.24, 2.45) is 0 Å². The molecule has 0 saturated carbocycles. The molecule has 2 aromatic carbocycles. The van der Waals surface area contributed by atoms with E-state index in [1.807, 2.05) is 37.3 Å². The normalized spacial score (nSPS) is 11.8. The molecule has 0 amide bonds. The number of carbonyl (C=O) groups is 1. The number of ether oxygens (including phenoxy) is 3. The summed E-state index contributed by atoms with van der Waals surface area (Å²) >= 11 is 0. The van der Waals surface area contributed by atoms with Crippen molar-refractivity contribution in [2.45, 2.75) is 77.9 Å². The molecule has 4 nitrogen and oxygen atoms in total. The highest BCUT2D eigenvalue weighted by Gasteiger charge is 2.12. The first-order valence-electron chi connectivity index (χ1n) is 11.7. The Labute approximate surface area is 187 Å². The van der Waals surface area contributed by atoms with E-state index in [2.05, 4.69) is 6.92 Å². The first kappa shape index (κ1) is 24.9. The second kappa shape index (κ2) is 15.5. The number of unbranched alkanes of at least 4 members (excludes halogenated alkanes) is 7. The minimum absolute atomic E-state index is 0.268. The predicted molar refractivity (Wildman–Crippen MR) is 126 cm³/mol. The molecule has 4 heteroatoms. The summed E-state index contributed by atoms with van der Waals surface area (Å²) in [6.45, 7) is 5.76. The standard InChI is InChI=1S/C27H38O4/c1-3-4-5-6-7-8-9-13-20-29-21-23(2)31-27(28)25-16-18-26(19-17-25)30-22-24-14-11-10-12-15-24/h10-12,14-19,23H,3-9,13,20-22H2,1-2H3/t23-/m0/s1. The molecular formula is C27H38O4. The Morgan fingerprint density at radius 1 is 0.839 bits per heavy atom. The van der Waals surface area contributed by atoms with Crippen molar-refractivity contribution in [3.8, 4) is 5.75 Å². The number of hydrogen-bond acceptors (Lipinski definition) is 4. The third kappa shape index (κ3) is 11.0. The molecule has 0 radical (unpaired) electrons. The molecule has 170 valence electrons. The van der Waals surface area contributed by atoms with E-state index in [0.29, 0.717) is 18.8 Å². The minimum Gasteiger partial charge on any atom is -0.489 e. The summed E-state index contributed by atoms with van der Waals surface area (Å²) in [6.07, 6.45) is 9.97.